The molecule has 0 bridgehead atoms. The molecule has 1 atom stereocenters. The van der Waals surface area contributed by atoms with Crippen molar-refractivity contribution in [2.24, 2.45) is 0 Å². The Labute approximate surface area is 195 Å². The number of hydrogen-bond acceptors (Lipinski definition) is 7. The first kappa shape index (κ1) is 24.0. The predicted octanol–water partition coefficient (Wildman–Crippen LogP) is 3.31. The van der Waals surface area contributed by atoms with Crippen molar-refractivity contribution in [1.82, 2.24) is 14.9 Å². The van der Waals surface area contributed by atoms with Crippen LogP contribution in [-0.4, -0.2) is 44.7 Å². The molecule has 2 heterocycles. The number of aliphatic hydroxyl groups is 1. The van der Waals surface area contributed by atoms with Crippen LogP contribution < -0.4 is 16.4 Å². The Kier molecular flexibility index (Phi) is 7.86. The van der Waals surface area contributed by atoms with Crippen LogP contribution in [0.25, 0.3) is 11.1 Å². The fourth-order valence-electron chi connectivity index (χ4n) is 3.22. The van der Waals surface area contributed by atoms with Crippen molar-refractivity contribution in [3.05, 3.63) is 69.5 Å². The smallest absolute Gasteiger partial charge is 0.311 e. The van der Waals surface area contributed by atoms with Gasteiger partial charge in [0.15, 0.2) is 0 Å². The molecule has 10 nitrogen and oxygen atoms in total. The SMILES string of the molecule is C[C@H](CO)NC(=O)c1cn(CCCNc2ccc([N+](=O)[O-])c(N)n2)cc1-c1ccc(Cl)cc1. The van der Waals surface area contributed by atoms with E-state index < -0.39 is 4.92 Å². The van der Waals surface area contributed by atoms with E-state index in [4.69, 9.17) is 17.3 Å². The zero-order valence-electron chi connectivity index (χ0n) is 18.0. The number of hydrogen-bond donors (Lipinski definition) is 4. The van der Waals surface area contributed by atoms with Gasteiger partial charge in [0, 0.05) is 48.2 Å². The summed E-state index contributed by atoms with van der Waals surface area (Å²) in [4.78, 5) is 27.0. The fourth-order valence-corrected chi connectivity index (χ4v) is 3.35. The normalized spacial score (nSPS) is 11.7. The summed E-state index contributed by atoms with van der Waals surface area (Å²) in [5.74, 6) is 0.0326. The zero-order valence-corrected chi connectivity index (χ0v) is 18.7. The molecule has 0 spiro atoms. The molecule has 0 aliphatic rings. The summed E-state index contributed by atoms with van der Waals surface area (Å²) in [6, 6.07) is 9.67. The molecule has 0 saturated carbocycles. The molecule has 2 aromatic heterocycles. The molecule has 0 aliphatic carbocycles. The quantitative estimate of drug-likeness (QED) is 0.201. The highest BCUT2D eigenvalue weighted by Crippen LogP contribution is 2.27. The molecule has 174 valence electrons. The van der Waals surface area contributed by atoms with Crippen molar-refractivity contribution in [2.75, 3.05) is 24.2 Å². The summed E-state index contributed by atoms with van der Waals surface area (Å²) in [5, 5.41) is 26.6. The summed E-state index contributed by atoms with van der Waals surface area (Å²) >= 11 is 6.00. The number of aliphatic hydroxyl groups excluding tert-OH is 1. The lowest BCUT2D eigenvalue weighted by atomic mass is 10.0. The molecule has 33 heavy (non-hydrogen) atoms. The van der Waals surface area contributed by atoms with Gasteiger partial charge in [-0.15, -0.1) is 0 Å². The van der Waals surface area contributed by atoms with Gasteiger partial charge >= 0.3 is 5.69 Å². The summed E-state index contributed by atoms with van der Waals surface area (Å²) < 4.78 is 1.92. The van der Waals surface area contributed by atoms with E-state index in [0.29, 0.717) is 35.9 Å². The lowest BCUT2D eigenvalue weighted by molar-refractivity contribution is -0.384. The molecule has 11 heteroatoms. The average Bonchev–Trinajstić information content (AvgIpc) is 3.21. The number of nitrogens with zero attached hydrogens (tertiary/aromatic N) is 3. The van der Waals surface area contributed by atoms with Gasteiger partial charge in [-0.25, -0.2) is 4.98 Å². The number of nitro groups is 1. The van der Waals surface area contributed by atoms with E-state index in [0.717, 1.165) is 11.1 Å². The highest BCUT2D eigenvalue weighted by Gasteiger charge is 2.18. The van der Waals surface area contributed by atoms with Gasteiger partial charge in [-0.1, -0.05) is 23.7 Å². The van der Waals surface area contributed by atoms with Crippen LogP contribution in [0.5, 0.6) is 0 Å². The maximum atomic E-state index is 12.8. The van der Waals surface area contributed by atoms with Crippen LogP contribution in [0.4, 0.5) is 17.3 Å². The van der Waals surface area contributed by atoms with Gasteiger partial charge in [0.25, 0.3) is 5.91 Å². The van der Waals surface area contributed by atoms with E-state index in [1.54, 1.807) is 25.3 Å². The lowest BCUT2D eigenvalue weighted by Crippen LogP contribution is -2.35. The molecule has 0 radical (unpaired) electrons. The Bertz CT molecular complexity index is 1130. The average molecular weight is 473 g/mol. The molecule has 3 aromatic rings. The van der Waals surface area contributed by atoms with Gasteiger partial charge in [0.2, 0.25) is 5.82 Å². The lowest BCUT2D eigenvalue weighted by Gasteiger charge is -2.11. The van der Waals surface area contributed by atoms with Crippen LogP contribution in [0.15, 0.2) is 48.8 Å². The molecule has 0 aliphatic heterocycles. The second-order valence-electron chi connectivity index (χ2n) is 7.53. The molecule has 0 fully saturated rings. The van der Waals surface area contributed by atoms with Gasteiger partial charge in [-0.3, -0.25) is 14.9 Å². The highest BCUT2D eigenvalue weighted by atomic mass is 35.5. The molecule has 1 aromatic carbocycles. The van der Waals surface area contributed by atoms with Crippen LogP contribution in [0, 0.1) is 10.1 Å². The number of rotatable bonds is 10. The minimum Gasteiger partial charge on any atom is -0.394 e. The third kappa shape index (κ3) is 6.21. The first-order valence-corrected chi connectivity index (χ1v) is 10.7. The molecule has 0 saturated heterocycles. The molecular formula is C22H25ClN6O4. The number of amides is 1. The van der Waals surface area contributed by atoms with Gasteiger partial charge < -0.3 is 26.0 Å². The minimum absolute atomic E-state index is 0.143. The van der Waals surface area contributed by atoms with Crippen molar-refractivity contribution in [2.45, 2.75) is 25.9 Å². The first-order valence-electron chi connectivity index (χ1n) is 10.3. The summed E-state index contributed by atoms with van der Waals surface area (Å²) in [6.07, 6.45) is 4.36. The van der Waals surface area contributed by atoms with E-state index >= 15 is 0 Å². The van der Waals surface area contributed by atoms with Gasteiger partial charge in [-0.2, -0.15) is 0 Å². The van der Waals surface area contributed by atoms with Crippen LogP contribution in [0.2, 0.25) is 5.02 Å². The number of pyridine rings is 1. The minimum atomic E-state index is -0.578. The van der Waals surface area contributed by atoms with E-state index in [2.05, 4.69) is 15.6 Å². The Balaban J connectivity index is 1.69. The molecule has 3 rings (SSSR count). The Morgan fingerprint density at radius 2 is 2.00 bits per heavy atom. The van der Waals surface area contributed by atoms with Gasteiger partial charge in [0.1, 0.15) is 5.82 Å². The largest absolute Gasteiger partial charge is 0.394 e. The van der Waals surface area contributed by atoms with Crippen molar-refractivity contribution in [3.63, 3.8) is 0 Å². The van der Waals surface area contributed by atoms with Gasteiger partial charge in [0.05, 0.1) is 17.1 Å². The topological polar surface area (TPSA) is 148 Å². The third-order valence-corrected chi connectivity index (χ3v) is 5.18. The second kappa shape index (κ2) is 10.8. The number of carbonyl (C=O) groups excluding carboxylic acids is 1. The number of benzene rings is 1. The Morgan fingerprint density at radius 3 is 2.64 bits per heavy atom. The molecular weight excluding hydrogens is 448 g/mol. The van der Waals surface area contributed by atoms with Crippen molar-refractivity contribution < 1.29 is 14.8 Å². The number of carbonyl (C=O) groups is 1. The summed E-state index contributed by atoms with van der Waals surface area (Å²) in [7, 11) is 0. The molecule has 0 unspecified atom stereocenters. The van der Waals surface area contributed by atoms with Crippen LogP contribution in [0.3, 0.4) is 0 Å². The summed E-state index contributed by atoms with van der Waals surface area (Å²) in [6.45, 7) is 2.72. The van der Waals surface area contributed by atoms with E-state index in [9.17, 15) is 20.0 Å². The zero-order chi connectivity index (χ0) is 24.0. The number of nitrogens with one attached hydrogen (secondary N) is 2. The van der Waals surface area contributed by atoms with E-state index in [-0.39, 0.29) is 30.1 Å². The number of anilines is 2. The Hall–Kier alpha value is -3.63. The van der Waals surface area contributed by atoms with Crippen LogP contribution >= 0.6 is 11.6 Å². The van der Waals surface area contributed by atoms with Crippen molar-refractivity contribution in [1.29, 1.82) is 0 Å². The maximum absolute atomic E-state index is 12.8. The highest BCUT2D eigenvalue weighted by molar-refractivity contribution is 6.30. The maximum Gasteiger partial charge on any atom is 0.311 e. The standard InChI is InChI=1S/C22H25ClN6O4/c1-14(13-30)26-22(31)18-12-28(11-17(18)15-3-5-16(23)6-4-15)10-2-9-25-20-8-7-19(29(32)33)21(24)27-20/h3-8,11-12,14,30H,2,9-10,13H2,1H3,(H,26,31)(H3,24,25,27)/t14-/m1/s1. The first-order chi connectivity index (χ1) is 15.8. The number of nitrogens with two attached hydrogens (primary N) is 1. The van der Waals surface area contributed by atoms with Crippen molar-refractivity contribution in [3.8, 4) is 11.1 Å². The number of halogens is 1. The Morgan fingerprint density at radius 1 is 1.27 bits per heavy atom. The summed E-state index contributed by atoms with van der Waals surface area (Å²) in [5.41, 5.74) is 7.49. The predicted molar refractivity (Wildman–Crippen MR) is 127 cm³/mol. The van der Waals surface area contributed by atoms with Crippen molar-refractivity contribution >= 4 is 34.8 Å². The number of aromatic nitrogens is 2. The van der Waals surface area contributed by atoms with Gasteiger partial charge in [-0.05, 0) is 37.1 Å². The fraction of sp³-hybridized carbons (Fsp3) is 0.273. The number of aryl methyl sites for hydroxylation is 1. The number of nitrogen functional groups attached to an aromatic ring is 1. The van der Waals surface area contributed by atoms with Crippen LogP contribution in [-0.2, 0) is 6.54 Å². The molecule has 5 N–H and O–H groups in total. The molecule has 1 amide bonds. The van der Waals surface area contributed by atoms with Crippen LogP contribution in [0.1, 0.15) is 23.7 Å². The third-order valence-electron chi connectivity index (χ3n) is 4.93. The van der Waals surface area contributed by atoms with E-state index in [1.807, 2.05) is 22.9 Å². The van der Waals surface area contributed by atoms with E-state index in [1.165, 1.54) is 12.1 Å². The second-order valence-corrected chi connectivity index (χ2v) is 7.96. The monoisotopic (exact) mass is 472 g/mol.